The van der Waals surface area contributed by atoms with E-state index in [0.717, 1.165) is 6.42 Å². The van der Waals surface area contributed by atoms with Crippen molar-refractivity contribution in [2.45, 2.75) is 46.2 Å². The Balaban J connectivity index is 2.12. The van der Waals surface area contributed by atoms with E-state index in [-0.39, 0.29) is 5.56 Å². The van der Waals surface area contributed by atoms with Gasteiger partial charge in [-0.25, -0.2) is 14.2 Å². The van der Waals surface area contributed by atoms with E-state index in [0.29, 0.717) is 42.1 Å². The number of nitrogens with zero attached hydrogens (tertiary/aromatic N) is 3. The van der Waals surface area contributed by atoms with E-state index in [1.165, 1.54) is 4.57 Å². The Kier molecular flexibility index (Phi) is 5.75. The summed E-state index contributed by atoms with van der Waals surface area (Å²) in [5.41, 5.74) is -1.13. The summed E-state index contributed by atoms with van der Waals surface area (Å²) >= 11 is 0. The molecular weight excluding hydrogens is 326 g/mol. The number of nitriles is 1. The zero-order valence-corrected chi connectivity index (χ0v) is 14.3. The number of imide groups is 1. The maximum atomic E-state index is 12.4. The van der Waals surface area contributed by atoms with E-state index in [1.807, 2.05) is 19.9 Å². The van der Waals surface area contributed by atoms with Crippen LogP contribution in [0.4, 0.5) is 4.79 Å². The lowest BCUT2D eigenvalue weighted by Gasteiger charge is -2.11. The Morgan fingerprint density at radius 1 is 1.32 bits per heavy atom. The Morgan fingerprint density at radius 2 is 2.04 bits per heavy atom. The number of hydrogen-bond acceptors (Lipinski definition) is 5. The van der Waals surface area contributed by atoms with E-state index >= 15 is 0 Å². The lowest BCUT2D eigenvalue weighted by molar-refractivity contribution is -0.120. The van der Waals surface area contributed by atoms with E-state index < -0.39 is 29.7 Å². The van der Waals surface area contributed by atoms with Gasteiger partial charge >= 0.3 is 11.7 Å². The second-order valence-corrected chi connectivity index (χ2v) is 6.35. The molecule has 0 saturated carbocycles. The van der Waals surface area contributed by atoms with Gasteiger partial charge in [-0.2, -0.15) is 5.26 Å². The molecule has 1 aromatic rings. The second kappa shape index (κ2) is 7.79. The van der Waals surface area contributed by atoms with Crippen LogP contribution in [0.15, 0.2) is 9.59 Å². The van der Waals surface area contributed by atoms with Gasteiger partial charge in [0.05, 0.1) is 0 Å². The van der Waals surface area contributed by atoms with Gasteiger partial charge in [0.1, 0.15) is 18.2 Å². The molecule has 0 atom stereocenters. The number of carbonyl (C=O) groups excluding carboxylic acids is 2. The van der Waals surface area contributed by atoms with Gasteiger partial charge in [-0.1, -0.05) is 13.8 Å². The molecule has 1 aliphatic rings. The number of carbonyl (C=O) groups is 2. The second-order valence-electron chi connectivity index (χ2n) is 6.35. The smallest absolute Gasteiger partial charge is 0.331 e. The van der Waals surface area contributed by atoms with Crippen molar-refractivity contribution in [3.8, 4) is 6.07 Å². The molecule has 9 nitrogen and oxygen atoms in total. The topological polar surface area (TPSA) is 126 Å². The molecule has 9 heteroatoms. The molecule has 25 heavy (non-hydrogen) atoms. The Labute approximate surface area is 144 Å². The van der Waals surface area contributed by atoms with Gasteiger partial charge in [-0.3, -0.25) is 19.5 Å². The molecule has 0 aromatic carbocycles. The minimum atomic E-state index is -0.795. The molecule has 0 unspecified atom stereocenters. The average Bonchev–Trinajstić information content (AvgIpc) is 3.01. The molecule has 0 saturated heterocycles. The summed E-state index contributed by atoms with van der Waals surface area (Å²) in [4.78, 5) is 48.3. The average molecular weight is 347 g/mol. The van der Waals surface area contributed by atoms with Crippen molar-refractivity contribution in [3.63, 3.8) is 0 Å². The number of amides is 3. The SMILES string of the molecule is CC(C)CCNC(=O)NC(=O)Cn1c(=O)c(C#N)c2n(c1=O)CCC2. The first kappa shape index (κ1) is 18.4. The summed E-state index contributed by atoms with van der Waals surface area (Å²) in [7, 11) is 0. The van der Waals surface area contributed by atoms with Gasteiger partial charge in [0.25, 0.3) is 5.56 Å². The summed E-state index contributed by atoms with van der Waals surface area (Å²) in [6.45, 7) is 4.22. The molecule has 134 valence electrons. The summed E-state index contributed by atoms with van der Waals surface area (Å²) < 4.78 is 2.04. The standard InChI is InChI=1S/C16H21N5O4/c1-10(2)5-6-18-15(24)19-13(22)9-21-14(23)11(8-17)12-4-3-7-20(12)16(21)25/h10H,3-7,9H2,1-2H3,(H2,18,19,22,24). The van der Waals surface area contributed by atoms with Crippen LogP contribution in [0.25, 0.3) is 0 Å². The molecule has 2 heterocycles. The van der Waals surface area contributed by atoms with Crippen molar-refractivity contribution < 1.29 is 9.59 Å². The number of rotatable bonds is 5. The van der Waals surface area contributed by atoms with E-state index in [9.17, 15) is 24.4 Å². The van der Waals surface area contributed by atoms with Crippen molar-refractivity contribution in [2.24, 2.45) is 5.92 Å². The number of urea groups is 1. The first-order valence-corrected chi connectivity index (χ1v) is 8.19. The first-order valence-electron chi connectivity index (χ1n) is 8.19. The van der Waals surface area contributed by atoms with E-state index in [1.54, 1.807) is 0 Å². The van der Waals surface area contributed by atoms with E-state index in [4.69, 9.17) is 0 Å². The van der Waals surface area contributed by atoms with Crippen LogP contribution in [0.5, 0.6) is 0 Å². The predicted molar refractivity (Wildman–Crippen MR) is 89.0 cm³/mol. The summed E-state index contributed by atoms with van der Waals surface area (Å²) in [5.74, 6) is -0.380. The number of nitrogens with one attached hydrogen (secondary N) is 2. The lowest BCUT2D eigenvalue weighted by atomic mass is 10.1. The highest BCUT2D eigenvalue weighted by molar-refractivity contribution is 5.94. The number of hydrogen-bond donors (Lipinski definition) is 2. The van der Waals surface area contributed by atoms with Gasteiger partial charge in [0, 0.05) is 18.8 Å². The summed E-state index contributed by atoms with van der Waals surface area (Å²) in [5, 5.41) is 13.8. The molecule has 0 spiro atoms. The van der Waals surface area contributed by atoms with Crippen molar-refractivity contribution in [1.82, 2.24) is 19.8 Å². The highest BCUT2D eigenvalue weighted by Gasteiger charge is 2.23. The van der Waals surface area contributed by atoms with Crippen LogP contribution in [-0.2, 0) is 24.3 Å². The molecular formula is C16H21N5O4. The van der Waals surface area contributed by atoms with Crippen molar-refractivity contribution in [2.75, 3.05) is 6.54 Å². The molecule has 1 aliphatic heterocycles. The van der Waals surface area contributed by atoms with Gasteiger partial charge < -0.3 is 5.32 Å². The summed E-state index contributed by atoms with van der Waals surface area (Å²) in [6.07, 6.45) is 1.91. The third kappa shape index (κ3) is 4.15. The largest absolute Gasteiger partial charge is 0.338 e. The monoisotopic (exact) mass is 347 g/mol. The van der Waals surface area contributed by atoms with Crippen molar-refractivity contribution in [1.29, 1.82) is 5.26 Å². The van der Waals surface area contributed by atoms with Crippen LogP contribution in [-0.4, -0.2) is 27.6 Å². The fraction of sp³-hybridized carbons (Fsp3) is 0.562. The zero-order chi connectivity index (χ0) is 18.6. The molecule has 3 amide bonds. The molecule has 0 fully saturated rings. The fourth-order valence-corrected chi connectivity index (χ4v) is 2.72. The quantitative estimate of drug-likeness (QED) is 0.756. The third-order valence-corrected chi connectivity index (χ3v) is 4.00. The van der Waals surface area contributed by atoms with Crippen LogP contribution in [0.2, 0.25) is 0 Å². The molecule has 0 bridgehead atoms. The molecule has 0 aliphatic carbocycles. The van der Waals surface area contributed by atoms with Gasteiger partial charge in [-0.05, 0) is 25.2 Å². The predicted octanol–water partition coefficient (Wildman–Crippen LogP) is -0.300. The van der Waals surface area contributed by atoms with Gasteiger partial charge in [0.2, 0.25) is 5.91 Å². The minimum Gasteiger partial charge on any atom is -0.338 e. The van der Waals surface area contributed by atoms with Crippen LogP contribution >= 0.6 is 0 Å². The fourth-order valence-electron chi connectivity index (χ4n) is 2.72. The number of aromatic nitrogens is 2. The van der Waals surface area contributed by atoms with Gasteiger partial charge in [0.15, 0.2) is 0 Å². The zero-order valence-electron chi connectivity index (χ0n) is 14.3. The highest BCUT2D eigenvalue weighted by Crippen LogP contribution is 2.12. The number of fused-ring (bicyclic) bond motifs is 1. The Hall–Kier alpha value is -2.89. The molecule has 0 radical (unpaired) electrons. The third-order valence-electron chi connectivity index (χ3n) is 4.00. The van der Waals surface area contributed by atoms with Crippen molar-refractivity contribution >= 4 is 11.9 Å². The molecule has 1 aromatic heterocycles. The Morgan fingerprint density at radius 3 is 2.68 bits per heavy atom. The van der Waals surface area contributed by atoms with Crippen LogP contribution < -0.4 is 21.9 Å². The maximum Gasteiger partial charge on any atom is 0.331 e. The molecule has 2 N–H and O–H groups in total. The van der Waals surface area contributed by atoms with Crippen molar-refractivity contribution in [3.05, 3.63) is 32.1 Å². The highest BCUT2D eigenvalue weighted by atomic mass is 16.2. The Bertz CT molecular complexity index is 844. The van der Waals surface area contributed by atoms with Crippen LogP contribution in [0, 0.1) is 17.2 Å². The van der Waals surface area contributed by atoms with Crippen LogP contribution in [0.3, 0.4) is 0 Å². The minimum absolute atomic E-state index is 0.119. The normalized spacial score (nSPS) is 12.6. The molecule has 2 rings (SSSR count). The maximum absolute atomic E-state index is 12.4. The lowest BCUT2D eigenvalue weighted by Crippen LogP contribution is -2.47. The van der Waals surface area contributed by atoms with Crippen LogP contribution in [0.1, 0.15) is 37.9 Å². The van der Waals surface area contributed by atoms with E-state index in [2.05, 4.69) is 10.6 Å². The summed E-state index contributed by atoms with van der Waals surface area (Å²) in [6, 6.07) is 1.13. The van der Waals surface area contributed by atoms with Gasteiger partial charge in [-0.15, -0.1) is 0 Å². The first-order chi connectivity index (χ1) is 11.8.